The fraction of sp³-hybridized carbons (Fsp3) is 0.333. The molecular formula is C12H15BrN4O. The van der Waals surface area contributed by atoms with E-state index in [0.717, 1.165) is 15.4 Å². The summed E-state index contributed by atoms with van der Waals surface area (Å²) in [6.45, 7) is 4.11. The smallest absolute Gasteiger partial charge is 0.272 e. The van der Waals surface area contributed by atoms with Crippen LogP contribution in [0.15, 0.2) is 22.7 Å². The molecule has 0 aliphatic carbocycles. The number of aromatic nitrogens is 2. The average molecular weight is 311 g/mol. The van der Waals surface area contributed by atoms with E-state index in [1.807, 2.05) is 32.0 Å². The average Bonchev–Trinajstić information content (AvgIpc) is 2.71. The predicted molar refractivity (Wildman–Crippen MR) is 74.4 cm³/mol. The van der Waals surface area contributed by atoms with Gasteiger partial charge in [0.25, 0.3) is 5.91 Å². The molecular weight excluding hydrogens is 296 g/mol. The summed E-state index contributed by atoms with van der Waals surface area (Å²) in [6, 6.07) is 5.63. The van der Waals surface area contributed by atoms with Crippen molar-refractivity contribution in [3.05, 3.63) is 28.4 Å². The van der Waals surface area contributed by atoms with Crippen molar-refractivity contribution >= 4 is 32.7 Å². The second kappa shape index (κ2) is 4.70. The largest absolute Gasteiger partial charge is 0.344 e. The van der Waals surface area contributed by atoms with Gasteiger partial charge in [0.2, 0.25) is 0 Å². The number of amides is 1. The maximum Gasteiger partial charge on any atom is 0.272 e. The van der Waals surface area contributed by atoms with Crippen molar-refractivity contribution in [1.29, 1.82) is 0 Å². The van der Waals surface area contributed by atoms with E-state index in [2.05, 4.69) is 31.4 Å². The number of halogens is 1. The summed E-state index contributed by atoms with van der Waals surface area (Å²) in [7, 11) is 0. The molecule has 1 heterocycles. The van der Waals surface area contributed by atoms with Crippen molar-refractivity contribution in [2.45, 2.75) is 19.4 Å². The Morgan fingerprint density at radius 2 is 2.28 bits per heavy atom. The zero-order valence-corrected chi connectivity index (χ0v) is 11.8. The van der Waals surface area contributed by atoms with Crippen LogP contribution >= 0.6 is 15.9 Å². The fourth-order valence-electron chi connectivity index (χ4n) is 1.58. The Balaban J connectivity index is 2.36. The van der Waals surface area contributed by atoms with Gasteiger partial charge in [0.15, 0.2) is 5.69 Å². The van der Waals surface area contributed by atoms with Crippen LogP contribution in [0.4, 0.5) is 0 Å². The summed E-state index contributed by atoms with van der Waals surface area (Å²) in [4.78, 5) is 12.1. The number of rotatable bonds is 3. The van der Waals surface area contributed by atoms with Gasteiger partial charge in [0.1, 0.15) is 0 Å². The molecule has 2 rings (SSSR count). The van der Waals surface area contributed by atoms with Crippen LogP contribution in [-0.4, -0.2) is 28.2 Å². The molecule has 0 saturated carbocycles. The van der Waals surface area contributed by atoms with E-state index in [1.54, 1.807) is 0 Å². The van der Waals surface area contributed by atoms with Crippen molar-refractivity contribution in [2.75, 3.05) is 6.54 Å². The third kappa shape index (κ3) is 2.54. The first-order chi connectivity index (χ1) is 8.43. The lowest BCUT2D eigenvalue weighted by atomic mass is 10.1. The highest BCUT2D eigenvalue weighted by Gasteiger charge is 2.22. The van der Waals surface area contributed by atoms with Crippen LogP contribution in [0.1, 0.15) is 24.3 Å². The number of H-pyrrole nitrogens is 1. The molecule has 0 saturated heterocycles. The number of hydrogen-bond donors (Lipinski definition) is 3. The van der Waals surface area contributed by atoms with Gasteiger partial charge in [0, 0.05) is 21.9 Å². The molecule has 0 atom stereocenters. The van der Waals surface area contributed by atoms with Gasteiger partial charge in [-0.05, 0) is 32.0 Å². The molecule has 5 nitrogen and oxygen atoms in total. The summed E-state index contributed by atoms with van der Waals surface area (Å²) in [5.41, 5.74) is 6.35. The van der Waals surface area contributed by atoms with Crippen molar-refractivity contribution in [2.24, 2.45) is 5.73 Å². The van der Waals surface area contributed by atoms with Gasteiger partial charge < -0.3 is 11.1 Å². The Kier molecular flexibility index (Phi) is 3.41. The number of nitrogens with two attached hydrogens (primary N) is 1. The minimum absolute atomic E-state index is 0.227. The lowest BCUT2D eigenvalue weighted by Crippen LogP contribution is -2.49. The first-order valence-corrected chi connectivity index (χ1v) is 6.38. The zero-order chi connectivity index (χ0) is 13.3. The van der Waals surface area contributed by atoms with E-state index < -0.39 is 5.54 Å². The van der Waals surface area contributed by atoms with Gasteiger partial charge in [0.05, 0.1) is 5.52 Å². The summed E-state index contributed by atoms with van der Waals surface area (Å²) < 4.78 is 0.906. The maximum atomic E-state index is 12.1. The second-order valence-electron chi connectivity index (χ2n) is 4.80. The number of carbonyl (C=O) groups excluding carboxylic acids is 1. The van der Waals surface area contributed by atoms with Crippen LogP contribution in [0.5, 0.6) is 0 Å². The summed E-state index contributed by atoms with van der Waals surface area (Å²) in [6.07, 6.45) is 0. The maximum absolute atomic E-state index is 12.1. The minimum Gasteiger partial charge on any atom is -0.344 e. The summed E-state index contributed by atoms with van der Waals surface area (Å²) in [5.74, 6) is -0.227. The van der Waals surface area contributed by atoms with E-state index >= 15 is 0 Å². The highest BCUT2D eigenvalue weighted by atomic mass is 79.9. The highest BCUT2D eigenvalue weighted by Crippen LogP contribution is 2.21. The number of benzene rings is 1. The molecule has 0 unspecified atom stereocenters. The van der Waals surface area contributed by atoms with E-state index in [0.29, 0.717) is 12.2 Å². The number of carbonyl (C=O) groups is 1. The first kappa shape index (κ1) is 13.0. The molecule has 0 aliphatic rings. The van der Waals surface area contributed by atoms with Crippen LogP contribution in [0, 0.1) is 0 Å². The van der Waals surface area contributed by atoms with Crippen molar-refractivity contribution in [1.82, 2.24) is 15.5 Å². The Morgan fingerprint density at radius 1 is 1.56 bits per heavy atom. The van der Waals surface area contributed by atoms with Gasteiger partial charge in [-0.2, -0.15) is 5.10 Å². The molecule has 96 valence electrons. The van der Waals surface area contributed by atoms with Crippen molar-refractivity contribution in [3.8, 4) is 0 Å². The van der Waals surface area contributed by atoms with Crippen LogP contribution in [-0.2, 0) is 0 Å². The van der Waals surface area contributed by atoms with Crippen LogP contribution in [0.3, 0.4) is 0 Å². The van der Waals surface area contributed by atoms with Gasteiger partial charge in [-0.25, -0.2) is 0 Å². The van der Waals surface area contributed by atoms with Crippen molar-refractivity contribution in [3.63, 3.8) is 0 Å². The van der Waals surface area contributed by atoms with E-state index in [4.69, 9.17) is 5.73 Å². The van der Waals surface area contributed by atoms with Gasteiger partial charge >= 0.3 is 0 Å². The zero-order valence-electron chi connectivity index (χ0n) is 10.2. The summed E-state index contributed by atoms with van der Waals surface area (Å²) in [5, 5.41) is 10.5. The SMILES string of the molecule is CC(C)(CN)NC(=O)c1n[nH]c2ccc(Br)cc12. The van der Waals surface area contributed by atoms with Gasteiger partial charge in [-0.1, -0.05) is 15.9 Å². The molecule has 0 fully saturated rings. The topological polar surface area (TPSA) is 83.8 Å². The highest BCUT2D eigenvalue weighted by molar-refractivity contribution is 9.10. The molecule has 0 aliphatic heterocycles. The fourth-order valence-corrected chi connectivity index (χ4v) is 1.94. The Bertz CT molecular complexity index is 591. The van der Waals surface area contributed by atoms with Gasteiger partial charge in [-0.3, -0.25) is 9.89 Å². The number of fused-ring (bicyclic) bond motifs is 1. The molecule has 0 bridgehead atoms. The van der Waals surface area contributed by atoms with E-state index in [-0.39, 0.29) is 5.91 Å². The lowest BCUT2D eigenvalue weighted by Gasteiger charge is -2.23. The molecule has 0 spiro atoms. The Morgan fingerprint density at radius 3 is 2.94 bits per heavy atom. The molecule has 1 amide bonds. The van der Waals surface area contributed by atoms with Crippen molar-refractivity contribution < 1.29 is 4.79 Å². The number of aromatic amines is 1. The van der Waals surface area contributed by atoms with Crippen LogP contribution < -0.4 is 11.1 Å². The number of nitrogens with one attached hydrogen (secondary N) is 2. The van der Waals surface area contributed by atoms with Crippen LogP contribution in [0.25, 0.3) is 10.9 Å². The molecule has 4 N–H and O–H groups in total. The summed E-state index contributed by atoms with van der Waals surface area (Å²) >= 11 is 3.38. The molecule has 1 aromatic carbocycles. The lowest BCUT2D eigenvalue weighted by molar-refractivity contribution is 0.0912. The molecule has 18 heavy (non-hydrogen) atoms. The molecule has 2 aromatic rings. The molecule has 1 aromatic heterocycles. The standard InChI is InChI=1S/C12H15BrN4O/c1-12(2,6-14)15-11(18)10-8-5-7(13)3-4-9(8)16-17-10/h3-5H,6,14H2,1-2H3,(H,15,18)(H,16,17). The minimum atomic E-state index is -0.450. The van der Waals surface area contributed by atoms with E-state index in [1.165, 1.54) is 0 Å². The van der Waals surface area contributed by atoms with E-state index in [9.17, 15) is 4.79 Å². The first-order valence-electron chi connectivity index (χ1n) is 5.59. The van der Waals surface area contributed by atoms with Gasteiger partial charge in [-0.15, -0.1) is 0 Å². The Hall–Kier alpha value is -1.40. The monoisotopic (exact) mass is 310 g/mol. The third-order valence-corrected chi connectivity index (χ3v) is 3.20. The molecule has 6 heteroatoms. The van der Waals surface area contributed by atoms with Crippen LogP contribution in [0.2, 0.25) is 0 Å². The third-order valence-electron chi connectivity index (χ3n) is 2.70. The number of hydrogen-bond acceptors (Lipinski definition) is 3. The Labute approximate surface area is 113 Å². The number of nitrogens with zero attached hydrogens (tertiary/aromatic N) is 1. The quantitative estimate of drug-likeness (QED) is 0.808. The molecule has 0 radical (unpaired) electrons. The normalized spacial score (nSPS) is 11.8. The predicted octanol–water partition coefficient (Wildman–Crippen LogP) is 1.79. The second-order valence-corrected chi connectivity index (χ2v) is 5.72.